The molecule has 9 nitrogen and oxygen atoms in total. The first-order valence-corrected chi connectivity index (χ1v) is 11.7. The molecule has 0 saturated carbocycles. The van der Waals surface area contributed by atoms with E-state index in [1.54, 1.807) is 30.0 Å². The Balaban J connectivity index is 1.57. The first-order chi connectivity index (χ1) is 15.7. The lowest BCUT2D eigenvalue weighted by Gasteiger charge is -2.19. The molecular formula is C22H21ClN4O5S. The average Bonchev–Trinajstić information content (AvgIpc) is 3.04. The highest BCUT2D eigenvalue weighted by Crippen LogP contribution is 2.40. The molecule has 0 atom stereocenters. The number of esters is 1. The number of nitriles is 1. The van der Waals surface area contributed by atoms with Gasteiger partial charge in [0, 0.05) is 25.7 Å². The number of sulfonamides is 1. The second-order valence-electron chi connectivity index (χ2n) is 7.11. The third-order valence-electron chi connectivity index (χ3n) is 4.95. The molecule has 0 amide bonds. The van der Waals surface area contributed by atoms with Gasteiger partial charge in [0.05, 0.1) is 22.7 Å². The molecule has 0 spiro atoms. The lowest BCUT2D eigenvalue weighted by atomic mass is 10.2. The number of benzene rings is 2. The van der Waals surface area contributed by atoms with Gasteiger partial charge in [-0.25, -0.2) is 13.1 Å². The number of rotatable bonds is 8. The molecule has 0 unspecified atom stereocenters. The number of nitrogens with one attached hydrogen (secondary N) is 1. The molecule has 11 heteroatoms. The molecule has 0 saturated heterocycles. The zero-order valence-corrected chi connectivity index (χ0v) is 19.5. The SMILES string of the molecule is CN1C(=C(C#N)C(=O)COC(=O)CCNS(=O)(=O)c2cccc(Cl)c2)N(C)c2ccccc21. The molecule has 0 bridgehead atoms. The monoisotopic (exact) mass is 488 g/mol. The molecule has 172 valence electrons. The van der Waals surface area contributed by atoms with E-state index in [2.05, 4.69) is 4.72 Å². The summed E-state index contributed by atoms with van der Waals surface area (Å²) in [5.41, 5.74) is 1.52. The van der Waals surface area contributed by atoms with Crippen LogP contribution in [0.1, 0.15) is 6.42 Å². The fourth-order valence-corrected chi connectivity index (χ4v) is 4.68. The van der Waals surface area contributed by atoms with Crippen molar-refractivity contribution in [3.63, 3.8) is 0 Å². The van der Waals surface area contributed by atoms with E-state index in [0.717, 1.165) is 11.4 Å². The van der Waals surface area contributed by atoms with Crippen LogP contribution in [-0.4, -0.2) is 47.4 Å². The topological polar surface area (TPSA) is 120 Å². The van der Waals surface area contributed by atoms with Gasteiger partial charge in [-0.05, 0) is 30.3 Å². The Bertz CT molecular complexity index is 1240. The van der Waals surface area contributed by atoms with E-state index in [0.29, 0.717) is 5.82 Å². The number of anilines is 2. The minimum atomic E-state index is -3.85. The van der Waals surface area contributed by atoms with Crippen LogP contribution >= 0.6 is 11.6 Å². The lowest BCUT2D eigenvalue weighted by molar-refractivity contribution is -0.146. The largest absolute Gasteiger partial charge is 0.457 e. The van der Waals surface area contributed by atoms with Gasteiger partial charge < -0.3 is 14.5 Å². The third kappa shape index (κ3) is 5.34. The second-order valence-corrected chi connectivity index (χ2v) is 9.31. The van der Waals surface area contributed by atoms with E-state index in [1.807, 2.05) is 30.3 Å². The fraction of sp³-hybridized carbons (Fsp3) is 0.227. The molecule has 0 radical (unpaired) electrons. The van der Waals surface area contributed by atoms with Crippen LogP contribution in [0.4, 0.5) is 11.4 Å². The summed E-state index contributed by atoms with van der Waals surface area (Å²) in [5.74, 6) is -1.06. The van der Waals surface area contributed by atoms with E-state index in [-0.39, 0.29) is 28.5 Å². The second kappa shape index (κ2) is 10.0. The maximum atomic E-state index is 12.6. The van der Waals surface area contributed by atoms with Crippen molar-refractivity contribution in [3.8, 4) is 6.07 Å². The summed E-state index contributed by atoms with van der Waals surface area (Å²) < 4.78 is 31.7. The summed E-state index contributed by atoms with van der Waals surface area (Å²) in [5, 5.41) is 9.85. The van der Waals surface area contributed by atoms with Crippen LogP contribution in [-0.2, 0) is 24.3 Å². The predicted octanol–water partition coefficient (Wildman–Crippen LogP) is 2.44. The maximum absolute atomic E-state index is 12.6. The molecule has 2 aromatic carbocycles. The zero-order chi connectivity index (χ0) is 24.2. The maximum Gasteiger partial charge on any atom is 0.307 e. The lowest BCUT2D eigenvalue weighted by Crippen LogP contribution is -2.29. The number of ketones is 1. The number of hydrogen-bond donors (Lipinski definition) is 1. The molecule has 1 aliphatic rings. The zero-order valence-electron chi connectivity index (χ0n) is 17.9. The molecule has 1 aliphatic heterocycles. The van der Waals surface area contributed by atoms with E-state index in [9.17, 15) is 23.3 Å². The van der Waals surface area contributed by atoms with Gasteiger partial charge in [0.25, 0.3) is 0 Å². The number of hydrogen-bond acceptors (Lipinski definition) is 8. The van der Waals surface area contributed by atoms with Crippen molar-refractivity contribution in [2.75, 3.05) is 37.0 Å². The summed E-state index contributed by atoms with van der Waals surface area (Å²) in [6, 6.07) is 15.0. The molecule has 33 heavy (non-hydrogen) atoms. The number of carbonyl (C=O) groups excluding carboxylic acids is 2. The number of Topliss-reactive ketones (excluding diaryl/α,β-unsaturated/α-hetero) is 1. The standard InChI is InChI=1S/C22H21ClN4O5S/c1-26-18-8-3-4-9-19(18)27(2)22(26)17(13-24)20(28)14-32-21(29)10-11-25-33(30,31)16-7-5-6-15(23)12-16/h3-9,12,25H,10-11,14H2,1-2H3. The van der Waals surface area contributed by atoms with E-state index >= 15 is 0 Å². The van der Waals surface area contributed by atoms with Crippen molar-refractivity contribution in [1.82, 2.24) is 4.72 Å². The van der Waals surface area contributed by atoms with Crippen molar-refractivity contribution in [2.24, 2.45) is 0 Å². The van der Waals surface area contributed by atoms with Crippen molar-refractivity contribution in [1.29, 1.82) is 5.26 Å². The Morgan fingerprint density at radius 3 is 2.30 bits per heavy atom. The molecular weight excluding hydrogens is 468 g/mol. The van der Waals surface area contributed by atoms with Crippen LogP contribution in [0.25, 0.3) is 0 Å². The Labute approximate surface area is 196 Å². The molecule has 3 rings (SSSR count). The van der Waals surface area contributed by atoms with Gasteiger partial charge in [-0.3, -0.25) is 9.59 Å². The highest BCUT2D eigenvalue weighted by Gasteiger charge is 2.31. The number of fused-ring (bicyclic) bond motifs is 1. The van der Waals surface area contributed by atoms with E-state index in [1.165, 1.54) is 18.2 Å². The van der Waals surface area contributed by atoms with E-state index in [4.69, 9.17) is 16.3 Å². The first-order valence-electron chi connectivity index (χ1n) is 9.80. The quantitative estimate of drug-likeness (QED) is 0.342. The fourth-order valence-electron chi connectivity index (χ4n) is 3.35. The third-order valence-corrected chi connectivity index (χ3v) is 6.64. The van der Waals surface area contributed by atoms with E-state index < -0.39 is 28.4 Å². The van der Waals surface area contributed by atoms with Crippen LogP contribution in [0.15, 0.2) is 64.8 Å². The normalized spacial score (nSPS) is 12.8. The molecule has 0 fully saturated rings. The Morgan fingerprint density at radius 1 is 1.09 bits per heavy atom. The van der Waals surface area contributed by atoms with Gasteiger partial charge in [0.1, 0.15) is 17.5 Å². The highest BCUT2D eigenvalue weighted by molar-refractivity contribution is 7.89. The first kappa shape index (κ1) is 24.3. The van der Waals surface area contributed by atoms with Gasteiger partial charge in [-0.2, -0.15) is 5.26 Å². The predicted molar refractivity (Wildman–Crippen MR) is 123 cm³/mol. The summed E-state index contributed by atoms with van der Waals surface area (Å²) in [4.78, 5) is 28.0. The molecule has 0 aromatic heterocycles. The van der Waals surface area contributed by atoms with Crippen LogP contribution in [0.2, 0.25) is 5.02 Å². The number of halogens is 1. The smallest absolute Gasteiger partial charge is 0.307 e. The van der Waals surface area contributed by atoms with Crippen LogP contribution < -0.4 is 14.5 Å². The highest BCUT2D eigenvalue weighted by atomic mass is 35.5. The summed E-state index contributed by atoms with van der Waals surface area (Å²) >= 11 is 5.80. The Hall–Kier alpha value is -3.39. The number of carbonyl (C=O) groups is 2. The molecule has 2 aromatic rings. The molecule has 1 heterocycles. The summed E-state index contributed by atoms with van der Waals surface area (Å²) in [6.45, 7) is -0.862. The molecule has 1 N–H and O–H groups in total. The Morgan fingerprint density at radius 2 is 1.73 bits per heavy atom. The van der Waals surface area contributed by atoms with Crippen LogP contribution in [0, 0.1) is 11.3 Å². The number of ether oxygens (including phenoxy) is 1. The van der Waals surface area contributed by atoms with Crippen LogP contribution in [0.5, 0.6) is 0 Å². The minimum absolute atomic E-state index is 0.0327. The van der Waals surface area contributed by atoms with Gasteiger partial charge >= 0.3 is 5.97 Å². The number of nitrogens with zero attached hydrogens (tertiary/aromatic N) is 3. The average molecular weight is 489 g/mol. The Kier molecular flexibility index (Phi) is 7.38. The van der Waals surface area contributed by atoms with Crippen molar-refractivity contribution >= 4 is 44.8 Å². The summed E-state index contributed by atoms with van der Waals surface area (Å²) in [6.07, 6.45) is -0.295. The van der Waals surface area contributed by atoms with Gasteiger partial charge in [0.15, 0.2) is 6.61 Å². The number of para-hydroxylation sites is 2. The van der Waals surface area contributed by atoms with Gasteiger partial charge in [0.2, 0.25) is 15.8 Å². The van der Waals surface area contributed by atoms with Crippen molar-refractivity contribution < 1.29 is 22.7 Å². The minimum Gasteiger partial charge on any atom is -0.457 e. The van der Waals surface area contributed by atoms with Crippen molar-refractivity contribution in [3.05, 3.63) is 64.9 Å². The van der Waals surface area contributed by atoms with Gasteiger partial charge in [-0.1, -0.05) is 29.8 Å². The molecule has 0 aliphatic carbocycles. The summed E-state index contributed by atoms with van der Waals surface area (Å²) in [7, 11) is -0.374. The van der Waals surface area contributed by atoms with Crippen molar-refractivity contribution in [2.45, 2.75) is 11.3 Å². The van der Waals surface area contributed by atoms with Crippen LogP contribution in [0.3, 0.4) is 0 Å². The van der Waals surface area contributed by atoms with Gasteiger partial charge in [-0.15, -0.1) is 0 Å².